The monoisotopic (exact) mass is 343 g/mol. The Bertz CT molecular complexity index is 720. The SMILES string of the molecule is CN1CC[C@]23CC(=O)NC(=O)NCCC[C@H]2[C@H]1Cc1ccc(O)cc13. The quantitative estimate of drug-likeness (QED) is 0.667. The summed E-state index contributed by atoms with van der Waals surface area (Å²) >= 11 is 0. The Labute approximate surface area is 147 Å². The lowest BCUT2D eigenvalue weighted by atomic mass is 9.54. The van der Waals surface area contributed by atoms with Gasteiger partial charge in [0.2, 0.25) is 5.91 Å². The number of nitrogens with zero attached hydrogens (tertiary/aromatic N) is 1. The number of fused-ring (bicyclic) bond motifs is 1. The zero-order chi connectivity index (χ0) is 17.6. The fourth-order valence-electron chi connectivity index (χ4n) is 5.28. The summed E-state index contributed by atoms with van der Waals surface area (Å²) in [5, 5.41) is 15.3. The number of phenols is 1. The van der Waals surface area contributed by atoms with Crippen LogP contribution in [0.4, 0.5) is 4.79 Å². The van der Waals surface area contributed by atoms with Gasteiger partial charge >= 0.3 is 6.03 Å². The number of hydrogen-bond donors (Lipinski definition) is 3. The molecule has 0 saturated carbocycles. The molecule has 0 aromatic heterocycles. The van der Waals surface area contributed by atoms with Gasteiger partial charge in [-0.05, 0) is 68.5 Å². The van der Waals surface area contributed by atoms with Crippen molar-refractivity contribution in [1.82, 2.24) is 15.5 Å². The molecule has 1 aliphatic carbocycles. The van der Waals surface area contributed by atoms with E-state index in [1.54, 1.807) is 6.07 Å². The number of likely N-dealkylation sites (N-methyl/N-ethyl adjacent to an activating group) is 1. The molecule has 6 heteroatoms. The van der Waals surface area contributed by atoms with Gasteiger partial charge in [0, 0.05) is 24.4 Å². The largest absolute Gasteiger partial charge is 0.508 e. The Hall–Kier alpha value is -2.08. The Morgan fingerprint density at radius 3 is 3.00 bits per heavy atom. The first-order valence-electron chi connectivity index (χ1n) is 9.10. The molecule has 25 heavy (non-hydrogen) atoms. The van der Waals surface area contributed by atoms with Crippen LogP contribution in [0.1, 0.15) is 36.8 Å². The molecule has 2 fully saturated rings. The van der Waals surface area contributed by atoms with Gasteiger partial charge in [0.15, 0.2) is 0 Å². The first-order valence-corrected chi connectivity index (χ1v) is 9.10. The van der Waals surface area contributed by atoms with Gasteiger partial charge in [-0.25, -0.2) is 4.79 Å². The molecule has 2 aliphatic heterocycles. The molecular formula is C19H25N3O3. The van der Waals surface area contributed by atoms with Crippen molar-refractivity contribution in [3.05, 3.63) is 29.3 Å². The van der Waals surface area contributed by atoms with E-state index in [-0.39, 0.29) is 17.1 Å². The molecule has 0 spiro atoms. The maximum atomic E-state index is 12.6. The molecule has 3 atom stereocenters. The van der Waals surface area contributed by atoms with Gasteiger partial charge in [-0.1, -0.05) is 6.07 Å². The second-order valence-corrected chi connectivity index (χ2v) is 7.73. The lowest BCUT2D eigenvalue weighted by Gasteiger charge is -2.56. The molecule has 2 heterocycles. The normalized spacial score (nSPS) is 32.8. The van der Waals surface area contributed by atoms with E-state index >= 15 is 0 Å². The molecule has 3 N–H and O–H groups in total. The Morgan fingerprint density at radius 2 is 2.16 bits per heavy atom. The van der Waals surface area contributed by atoms with E-state index in [0.717, 1.165) is 37.8 Å². The summed E-state index contributed by atoms with van der Waals surface area (Å²) in [6.07, 6.45) is 3.98. The summed E-state index contributed by atoms with van der Waals surface area (Å²) in [7, 11) is 2.17. The van der Waals surface area contributed by atoms with Crippen molar-refractivity contribution in [2.24, 2.45) is 5.92 Å². The fourth-order valence-corrected chi connectivity index (χ4v) is 5.28. The summed E-state index contributed by atoms with van der Waals surface area (Å²) in [5.41, 5.74) is 2.03. The van der Waals surface area contributed by atoms with Crippen molar-refractivity contribution in [2.45, 2.75) is 43.6 Å². The van der Waals surface area contributed by atoms with Crippen molar-refractivity contribution >= 4 is 11.9 Å². The third-order valence-electron chi connectivity index (χ3n) is 6.42. The summed E-state index contributed by atoms with van der Waals surface area (Å²) in [5.74, 6) is 0.365. The van der Waals surface area contributed by atoms with Crippen molar-refractivity contribution in [3.63, 3.8) is 0 Å². The smallest absolute Gasteiger partial charge is 0.321 e. The fraction of sp³-hybridized carbons (Fsp3) is 0.579. The number of urea groups is 1. The lowest BCUT2D eigenvalue weighted by Crippen LogP contribution is -2.60. The van der Waals surface area contributed by atoms with E-state index in [1.165, 1.54) is 5.56 Å². The van der Waals surface area contributed by atoms with Gasteiger partial charge in [-0.2, -0.15) is 0 Å². The van der Waals surface area contributed by atoms with Gasteiger partial charge in [0.05, 0.1) is 0 Å². The molecule has 6 nitrogen and oxygen atoms in total. The first-order chi connectivity index (χ1) is 12.0. The van der Waals surface area contributed by atoms with E-state index < -0.39 is 6.03 Å². The minimum Gasteiger partial charge on any atom is -0.508 e. The second-order valence-electron chi connectivity index (χ2n) is 7.73. The summed E-state index contributed by atoms with van der Waals surface area (Å²) in [4.78, 5) is 26.8. The van der Waals surface area contributed by atoms with Gasteiger partial charge in [0.25, 0.3) is 0 Å². The molecule has 0 unspecified atom stereocenters. The molecule has 2 bridgehead atoms. The highest BCUT2D eigenvalue weighted by molar-refractivity contribution is 5.95. The molecule has 1 aromatic carbocycles. The maximum absolute atomic E-state index is 12.6. The Kier molecular flexibility index (Phi) is 3.95. The van der Waals surface area contributed by atoms with Crippen LogP contribution in [0.2, 0.25) is 0 Å². The molecule has 4 rings (SSSR count). The molecule has 134 valence electrons. The van der Waals surface area contributed by atoms with Crippen molar-refractivity contribution < 1.29 is 14.7 Å². The van der Waals surface area contributed by atoms with Crippen LogP contribution in [-0.4, -0.2) is 48.1 Å². The average molecular weight is 343 g/mol. The summed E-state index contributed by atoms with van der Waals surface area (Å²) in [6, 6.07) is 5.57. The Balaban J connectivity index is 1.84. The summed E-state index contributed by atoms with van der Waals surface area (Å²) in [6.45, 7) is 1.50. The third kappa shape index (κ3) is 2.68. The number of hydrogen-bond acceptors (Lipinski definition) is 4. The highest BCUT2D eigenvalue weighted by Gasteiger charge is 2.53. The van der Waals surface area contributed by atoms with Gasteiger partial charge in [-0.15, -0.1) is 0 Å². The number of carbonyl (C=O) groups is 2. The Morgan fingerprint density at radius 1 is 1.32 bits per heavy atom. The van der Waals surface area contributed by atoms with E-state index in [0.29, 0.717) is 24.9 Å². The van der Waals surface area contributed by atoms with E-state index in [1.807, 2.05) is 12.1 Å². The van der Waals surface area contributed by atoms with Crippen molar-refractivity contribution in [3.8, 4) is 5.75 Å². The number of rotatable bonds is 0. The van der Waals surface area contributed by atoms with Gasteiger partial charge in [0.1, 0.15) is 5.75 Å². The number of likely N-dealkylation sites (tertiary alicyclic amines) is 1. The maximum Gasteiger partial charge on any atom is 0.321 e. The minimum atomic E-state index is -0.406. The van der Waals surface area contributed by atoms with Crippen LogP contribution in [0.25, 0.3) is 0 Å². The molecule has 2 saturated heterocycles. The van der Waals surface area contributed by atoms with Crippen molar-refractivity contribution in [1.29, 1.82) is 0 Å². The molecule has 3 aliphatic rings. The molecular weight excluding hydrogens is 318 g/mol. The van der Waals surface area contributed by atoms with Crippen LogP contribution in [0.3, 0.4) is 0 Å². The van der Waals surface area contributed by atoms with E-state index in [4.69, 9.17) is 0 Å². The summed E-state index contributed by atoms with van der Waals surface area (Å²) < 4.78 is 0. The molecule has 1 aromatic rings. The number of amides is 3. The van der Waals surface area contributed by atoms with E-state index in [2.05, 4.69) is 22.6 Å². The van der Waals surface area contributed by atoms with Crippen LogP contribution in [0.5, 0.6) is 5.75 Å². The number of nitrogens with one attached hydrogen (secondary N) is 2. The van der Waals surface area contributed by atoms with Crippen LogP contribution in [-0.2, 0) is 16.6 Å². The third-order valence-corrected chi connectivity index (χ3v) is 6.42. The molecule has 0 radical (unpaired) electrons. The topological polar surface area (TPSA) is 81.7 Å². The van der Waals surface area contributed by atoms with Crippen molar-refractivity contribution in [2.75, 3.05) is 20.1 Å². The highest BCUT2D eigenvalue weighted by atomic mass is 16.3. The second kappa shape index (κ2) is 6.02. The van der Waals surface area contributed by atoms with Gasteiger partial charge < -0.3 is 15.3 Å². The predicted molar refractivity (Wildman–Crippen MR) is 93.4 cm³/mol. The van der Waals surface area contributed by atoms with Crippen LogP contribution >= 0.6 is 0 Å². The number of phenolic OH excluding ortho intramolecular Hbond substituents is 1. The van der Waals surface area contributed by atoms with Crippen LogP contribution < -0.4 is 10.6 Å². The van der Waals surface area contributed by atoms with Crippen LogP contribution in [0, 0.1) is 5.92 Å². The average Bonchev–Trinajstić information content (AvgIpc) is 2.56. The highest BCUT2D eigenvalue weighted by Crippen LogP contribution is 2.53. The number of piperidine rings is 1. The number of imide groups is 1. The lowest BCUT2D eigenvalue weighted by molar-refractivity contribution is -0.123. The van der Waals surface area contributed by atoms with E-state index in [9.17, 15) is 14.7 Å². The number of benzene rings is 1. The predicted octanol–water partition coefficient (Wildman–Crippen LogP) is 1.52. The zero-order valence-electron chi connectivity index (χ0n) is 14.5. The zero-order valence-corrected chi connectivity index (χ0v) is 14.5. The van der Waals surface area contributed by atoms with Gasteiger partial charge in [-0.3, -0.25) is 10.1 Å². The first kappa shape index (κ1) is 16.4. The minimum absolute atomic E-state index is 0.233. The molecule has 3 amide bonds. The number of aromatic hydroxyl groups is 1. The number of carbonyl (C=O) groups excluding carboxylic acids is 2. The van der Waals surface area contributed by atoms with Crippen LogP contribution in [0.15, 0.2) is 18.2 Å². The standard InChI is InChI=1S/C19H25N3O3/c1-22-8-6-19-11-17(24)21-18(25)20-7-2-3-14(19)16(22)9-12-4-5-13(23)10-15(12)19/h4-5,10,14,16,23H,2-3,6-9,11H2,1H3,(H2,20,21,24,25)/t14-,16+,19-/m0/s1.